The summed E-state index contributed by atoms with van der Waals surface area (Å²) in [6, 6.07) is 1.16. The molecule has 0 amide bonds. The smallest absolute Gasteiger partial charge is 0.330 e. The third kappa shape index (κ3) is 3.39. The van der Waals surface area contributed by atoms with E-state index in [1.165, 1.54) is 13.3 Å². The Labute approximate surface area is 119 Å². The molecule has 2 heterocycles. The Morgan fingerprint density at radius 1 is 1.43 bits per heavy atom. The van der Waals surface area contributed by atoms with Crippen LogP contribution in [0.4, 0.5) is 0 Å². The molecule has 0 radical (unpaired) electrons. The lowest BCUT2D eigenvalue weighted by atomic mass is 10.1. The van der Waals surface area contributed by atoms with Crippen molar-refractivity contribution in [2.24, 2.45) is 0 Å². The van der Waals surface area contributed by atoms with Crippen LogP contribution in [0.2, 0.25) is 0 Å². The van der Waals surface area contributed by atoms with E-state index in [0.29, 0.717) is 6.61 Å². The summed E-state index contributed by atoms with van der Waals surface area (Å²) in [5.41, 5.74) is -1.22. The number of H-pyrrole nitrogens is 1. The Morgan fingerprint density at radius 3 is 2.81 bits per heavy atom. The van der Waals surface area contributed by atoms with E-state index in [9.17, 15) is 19.8 Å². The number of rotatable bonds is 6. The summed E-state index contributed by atoms with van der Waals surface area (Å²) in [6.07, 6.45) is -2.53. The van der Waals surface area contributed by atoms with E-state index < -0.39 is 42.4 Å². The van der Waals surface area contributed by atoms with Crippen molar-refractivity contribution in [3.8, 4) is 0 Å². The van der Waals surface area contributed by atoms with Crippen LogP contribution < -0.4 is 11.2 Å². The topological polar surface area (TPSA) is 123 Å². The second-order valence-electron chi connectivity index (χ2n) is 4.58. The molecule has 1 aromatic heterocycles. The first kappa shape index (κ1) is 15.9. The van der Waals surface area contributed by atoms with Crippen molar-refractivity contribution in [2.45, 2.75) is 24.5 Å². The normalized spacial score (nSPS) is 28.9. The zero-order chi connectivity index (χ0) is 15.4. The molecule has 9 heteroatoms. The number of aliphatic hydroxyl groups excluding tert-OH is 2. The van der Waals surface area contributed by atoms with Crippen LogP contribution in [-0.4, -0.2) is 65.0 Å². The molecule has 0 spiro atoms. The Kier molecular flexibility index (Phi) is 5.26. The third-order valence-electron chi connectivity index (χ3n) is 3.22. The van der Waals surface area contributed by atoms with Crippen LogP contribution in [-0.2, 0) is 14.2 Å². The maximum atomic E-state index is 11.8. The molecule has 0 saturated carbocycles. The lowest BCUT2D eigenvalue weighted by molar-refractivity contribution is -0.0819. The highest BCUT2D eigenvalue weighted by atomic mass is 16.6. The van der Waals surface area contributed by atoms with Crippen LogP contribution in [0.3, 0.4) is 0 Å². The van der Waals surface area contributed by atoms with Gasteiger partial charge in [0.2, 0.25) is 0 Å². The van der Waals surface area contributed by atoms with Gasteiger partial charge in [-0.15, -0.1) is 0 Å². The van der Waals surface area contributed by atoms with Gasteiger partial charge in [0.1, 0.15) is 18.3 Å². The lowest BCUT2D eigenvalue weighted by Crippen LogP contribution is -2.39. The minimum absolute atomic E-state index is 0.189. The van der Waals surface area contributed by atoms with E-state index >= 15 is 0 Å². The van der Waals surface area contributed by atoms with Gasteiger partial charge >= 0.3 is 5.69 Å². The summed E-state index contributed by atoms with van der Waals surface area (Å²) < 4.78 is 16.9. The molecular formula is C12H18N2O7. The average molecular weight is 302 g/mol. The molecule has 0 aromatic carbocycles. The van der Waals surface area contributed by atoms with Crippen LogP contribution >= 0.6 is 0 Å². The molecule has 0 aliphatic carbocycles. The standard InChI is InChI=1S/C12H18N2O7/c1-19-4-5-20-10-9(17)7(6-15)21-11(10)14-3-2-8(16)13-12(14)18/h2-3,7,9-11,15,17H,4-6H2,1H3,(H,13,16,18)/t7-,9?,10+,11-/m1/s1. The zero-order valence-electron chi connectivity index (χ0n) is 11.5. The maximum absolute atomic E-state index is 11.8. The average Bonchev–Trinajstić information content (AvgIpc) is 2.76. The van der Waals surface area contributed by atoms with Crippen LogP contribution in [0.15, 0.2) is 21.9 Å². The molecule has 4 atom stereocenters. The third-order valence-corrected chi connectivity index (χ3v) is 3.22. The zero-order valence-corrected chi connectivity index (χ0v) is 11.5. The van der Waals surface area contributed by atoms with Crippen LogP contribution in [0.1, 0.15) is 6.23 Å². The molecule has 9 nitrogen and oxygen atoms in total. The van der Waals surface area contributed by atoms with Gasteiger partial charge in [-0.2, -0.15) is 0 Å². The van der Waals surface area contributed by atoms with Crippen molar-refractivity contribution in [1.82, 2.24) is 9.55 Å². The van der Waals surface area contributed by atoms with Gasteiger partial charge in [0.15, 0.2) is 6.23 Å². The SMILES string of the molecule is COCCO[C@H]1C(O)[C@@H](CO)O[C@H]1n1ccc(=O)[nH]c1=O. The number of aromatic nitrogens is 2. The highest BCUT2D eigenvalue weighted by Gasteiger charge is 2.45. The summed E-state index contributed by atoms with van der Waals surface area (Å²) in [7, 11) is 1.51. The number of aliphatic hydroxyl groups is 2. The first-order chi connectivity index (χ1) is 10.1. The molecule has 1 aliphatic rings. The summed E-state index contributed by atoms with van der Waals surface area (Å²) in [5, 5.41) is 19.3. The number of hydrogen-bond donors (Lipinski definition) is 3. The van der Waals surface area contributed by atoms with E-state index in [1.807, 2.05) is 0 Å². The highest BCUT2D eigenvalue weighted by molar-refractivity contribution is 4.93. The van der Waals surface area contributed by atoms with Gasteiger partial charge in [-0.25, -0.2) is 4.79 Å². The number of methoxy groups -OCH3 is 1. The van der Waals surface area contributed by atoms with Crippen LogP contribution in [0.5, 0.6) is 0 Å². The molecular weight excluding hydrogens is 284 g/mol. The Balaban J connectivity index is 2.25. The van der Waals surface area contributed by atoms with Gasteiger partial charge in [0.05, 0.1) is 19.8 Å². The predicted molar refractivity (Wildman–Crippen MR) is 69.9 cm³/mol. The summed E-state index contributed by atoms with van der Waals surface area (Å²) in [6.45, 7) is 0.0779. The van der Waals surface area contributed by atoms with Crippen molar-refractivity contribution < 1.29 is 24.4 Å². The molecule has 1 aliphatic heterocycles. The van der Waals surface area contributed by atoms with Crippen LogP contribution in [0.25, 0.3) is 0 Å². The molecule has 118 valence electrons. The minimum Gasteiger partial charge on any atom is -0.394 e. The maximum Gasteiger partial charge on any atom is 0.330 e. The number of ether oxygens (including phenoxy) is 3. The molecule has 1 aromatic rings. The van der Waals surface area contributed by atoms with Crippen LogP contribution in [0, 0.1) is 0 Å². The molecule has 21 heavy (non-hydrogen) atoms. The Hall–Kier alpha value is -1.52. The van der Waals surface area contributed by atoms with Crippen molar-refractivity contribution in [3.05, 3.63) is 33.1 Å². The van der Waals surface area contributed by atoms with E-state index in [-0.39, 0.29) is 6.61 Å². The molecule has 3 N–H and O–H groups in total. The molecule has 2 rings (SSSR count). The number of aromatic amines is 1. The number of hydrogen-bond acceptors (Lipinski definition) is 7. The Bertz CT molecular complexity index is 569. The lowest BCUT2D eigenvalue weighted by Gasteiger charge is -2.22. The largest absolute Gasteiger partial charge is 0.394 e. The second kappa shape index (κ2) is 6.96. The first-order valence-electron chi connectivity index (χ1n) is 6.45. The quantitative estimate of drug-likeness (QED) is 0.510. The fourth-order valence-corrected chi connectivity index (χ4v) is 2.17. The fraction of sp³-hybridized carbons (Fsp3) is 0.667. The van der Waals surface area contributed by atoms with Gasteiger partial charge in [-0.3, -0.25) is 14.3 Å². The van der Waals surface area contributed by atoms with Gasteiger partial charge in [-0.05, 0) is 0 Å². The number of nitrogens with zero attached hydrogens (tertiary/aromatic N) is 1. The fourth-order valence-electron chi connectivity index (χ4n) is 2.17. The molecule has 1 unspecified atom stereocenters. The predicted octanol–water partition coefficient (Wildman–Crippen LogP) is -2.18. The van der Waals surface area contributed by atoms with Crippen molar-refractivity contribution in [3.63, 3.8) is 0 Å². The van der Waals surface area contributed by atoms with E-state index in [2.05, 4.69) is 4.98 Å². The van der Waals surface area contributed by atoms with Gasteiger partial charge < -0.3 is 24.4 Å². The minimum atomic E-state index is -1.10. The van der Waals surface area contributed by atoms with E-state index in [1.54, 1.807) is 0 Å². The number of nitrogens with one attached hydrogen (secondary N) is 1. The molecule has 1 saturated heterocycles. The monoisotopic (exact) mass is 302 g/mol. The van der Waals surface area contributed by atoms with Gasteiger partial charge in [0, 0.05) is 19.4 Å². The van der Waals surface area contributed by atoms with Crippen molar-refractivity contribution >= 4 is 0 Å². The Morgan fingerprint density at radius 2 is 2.19 bits per heavy atom. The molecule has 0 bridgehead atoms. The van der Waals surface area contributed by atoms with E-state index in [4.69, 9.17) is 14.2 Å². The van der Waals surface area contributed by atoms with Gasteiger partial charge in [-0.1, -0.05) is 0 Å². The van der Waals surface area contributed by atoms with Gasteiger partial charge in [0.25, 0.3) is 5.56 Å². The highest BCUT2D eigenvalue weighted by Crippen LogP contribution is 2.30. The van der Waals surface area contributed by atoms with E-state index in [0.717, 1.165) is 10.6 Å². The molecule has 1 fully saturated rings. The summed E-state index contributed by atoms with van der Waals surface area (Å²) in [5.74, 6) is 0. The summed E-state index contributed by atoms with van der Waals surface area (Å²) in [4.78, 5) is 25.0. The first-order valence-corrected chi connectivity index (χ1v) is 6.45. The summed E-state index contributed by atoms with van der Waals surface area (Å²) >= 11 is 0. The van der Waals surface area contributed by atoms with Crippen molar-refractivity contribution in [2.75, 3.05) is 26.9 Å². The second-order valence-corrected chi connectivity index (χ2v) is 4.58. The van der Waals surface area contributed by atoms with Crippen molar-refractivity contribution in [1.29, 1.82) is 0 Å².